The van der Waals surface area contributed by atoms with Gasteiger partial charge in [0.25, 0.3) is 0 Å². The Kier molecular flexibility index (Phi) is 7.76. The summed E-state index contributed by atoms with van der Waals surface area (Å²) in [6, 6.07) is 20.7. The van der Waals surface area contributed by atoms with E-state index in [1.54, 1.807) is 0 Å². The molecular formula is C27H42NO2+. The Balaban J connectivity index is 2.22. The normalized spacial score (nSPS) is 14.9. The van der Waals surface area contributed by atoms with Crippen LogP contribution in [0, 0.1) is 10.8 Å². The van der Waals surface area contributed by atoms with Gasteiger partial charge < -0.3 is 9.47 Å². The minimum atomic E-state index is -0.393. The molecule has 0 fully saturated rings. The Morgan fingerprint density at radius 2 is 1.27 bits per heavy atom. The second-order valence-electron chi connectivity index (χ2n) is 10.9. The van der Waals surface area contributed by atoms with Crippen LogP contribution in [0.5, 0.6) is 5.75 Å². The summed E-state index contributed by atoms with van der Waals surface area (Å²) in [6.45, 7) is 15.9. The summed E-state index contributed by atoms with van der Waals surface area (Å²) in [5.41, 5.74) is 1.10. The highest BCUT2D eigenvalue weighted by Gasteiger charge is 2.55. The Hall–Kier alpha value is -1.84. The molecular weight excluding hydrogens is 370 g/mol. The Morgan fingerprint density at radius 1 is 0.733 bits per heavy atom. The van der Waals surface area contributed by atoms with Crippen molar-refractivity contribution in [3.63, 3.8) is 0 Å². The summed E-state index contributed by atoms with van der Waals surface area (Å²) in [5.74, 6) is 0.884. The maximum absolute atomic E-state index is 6.75. The van der Waals surface area contributed by atoms with Gasteiger partial charge >= 0.3 is 0 Å². The lowest BCUT2D eigenvalue weighted by molar-refractivity contribution is -0.986. The average Bonchev–Trinajstić information content (AvgIpc) is 2.64. The first-order valence-corrected chi connectivity index (χ1v) is 11.1. The smallest absolute Gasteiger partial charge is 0.205 e. The molecule has 0 aliphatic rings. The summed E-state index contributed by atoms with van der Waals surface area (Å²) in [6.07, 6.45) is 1.06. The van der Waals surface area contributed by atoms with Crippen LogP contribution in [0.2, 0.25) is 0 Å². The highest BCUT2D eigenvalue weighted by Crippen LogP contribution is 2.47. The summed E-state index contributed by atoms with van der Waals surface area (Å²) < 4.78 is 13.4. The van der Waals surface area contributed by atoms with E-state index in [0.717, 1.165) is 23.2 Å². The third-order valence-electron chi connectivity index (χ3n) is 6.28. The summed E-state index contributed by atoms with van der Waals surface area (Å²) in [5, 5.41) is 0. The molecule has 2 aromatic rings. The van der Waals surface area contributed by atoms with Gasteiger partial charge in [-0.1, -0.05) is 83.1 Å². The Labute approximate surface area is 184 Å². The van der Waals surface area contributed by atoms with E-state index >= 15 is 0 Å². The minimum absolute atomic E-state index is 0.0454. The topological polar surface area (TPSA) is 18.5 Å². The fraction of sp³-hybridized carbons (Fsp3) is 0.556. The summed E-state index contributed by atoms with van der Waals surface area (Å²) >= 11 is 0. The predicted molar refractivity (Wildman–Crippen MR) is 126 cm³/mol. The Morgan fingerprint density at radius 3 is 1.80 bits per heavy atom. The van der Waals surface area contributed by atoms with Gasteiger partial charge in [-0.3, -0.25) is 4.48 Å². The van der Waals surface area contributed by atoms with Crippen molar-refractivity contribution in [1.29, 1.82) is 0 Å². The summed E-state index contributed by atoms with van der Waals surface area (Å²) in [4.78, 5) is 0. The van der Waals surface area contributed by atoms with Crippen molar-refractivity contribution < 1.29 is 14.0 Å². The standard InChI is InChI=1S/C27H42NO2/c1-25(2,3)22-26(4,5)27(6,28(7,8)21-23-15-11-9-12-16-23)30-20-19-29-24-17-13-10-14-18-24/h9-18H,19-22H2,1-8H3/q+1. The van der Waals surface area contributed by atoms with Crippen LogP contribution in [0.1, 0.15) is 53.5 Å². The van der Waals surface area contributed by atoms with Crippen LogP contribution in [0.15, 0.2) is 60.7 Å². The first kappa shape index (κ1) is 24.4. The number of para-hydroxylation sites is 1. The average molecular weight is 413 g/mol. The van der Waals surface area contributed by atoms with Crippen LogP contribution >= 0.6 is 0 Å². The summed E-state index contributed by atoms with van der Waals surface area (Å²) in [7, 11) is 4.57. The van der Waals surface area contributed by atoms with E-state index in [0.29, 0.717) is 13.2 Å². The monoisotopic (exact) mass is 412 g/mol. The van der Waals surface area contributed by atoms with Gasteiger partial charge in [-0.25, -0.2) is 0 Å². The van der Waals surface area contributed by atoms with Gasteiger partial charge in [-0.2, -0.15) is 0 Å². The number of nitrogens with zero attached hydrogens (tertiary/aromatic N) is 1. The number of hydrogen-bond donors (Lipinski definition) is 0. The molecule has 3 heteroatoms. The second-order valence-corrected chi connectivity index (χ2v) is 10.9. The van der Waals surface area contributed by atoms with Gasteiger partial charge in [-0.15, -0.1) is 0 Å². The lowest BCUT2D eigenvalue weighted by Crippen LogP contribution is -2.66. The highest BCUT2D eigenvalue weighted by atomic mass is 16.6. The van der Waals surface area contributed by atoms with Crippen LogP contribution in [0.4, 0.5) is 0 Å². The molecule has 0 saturated heterocycles. The third-order valence-corrected chi connectivity index (χ3v) is 6.28. The zero-order valence-corrected chi connectivity index (χ0v) is 20.4. The first-order valence-electron chi connectivity index (χ1n) is 11.1. The van der Waals surface area contributed by atoms with E-state index in [4.69, 9.17) is 9.47 Å². The van der Waals surface area contributed by atoms with Gasteiger partial charge in [0.05, 0.1) is 20.7 Å². The Bertz CT molecular complexity index is 762. The van der Waals surface area contributed by atoms with Crippen molar-refractivity contribution in [2.45, 2.75) is 60.2 Å². The maximum atomic E-state index is 6.75. The molecule has 0 aliphatic heterocycles. The minimum Gasteiger partial charge on any atom is -0.491 e. The van der Waals surface area contributed by atoms with E-state index in [1.165, 1.54) is 5.56 Å². The van der Waals surface area contributed by atoms with E-state index in [2.05, 4.69) is 86.0 Å². The molecule has 0 spiro atoms. The molecule has 1 unspecified atom stereocenters. The quantitative estimate of drug-likeness (QED) is 0.251. The number of quaternary nitrogens is 1. The molecule has 2 rings (SSSR count). The molecule has 166 valence electrons. The molecule has 0 radical (unpaired) electrons. The third kappa shape index (κ3) is 6.33. The molecule has 0 aromatic heterocycles. The molecule has 30 heavy (non-hydrogen) atoms. The van der Waals surface area contributed by atoms with Crippen molar-refractivity contribution in [1.82, 2.24) is 0 Å². The fourth-order valence-corrected chi connectivity index (χ4v) is 4.79. The van der Waals surface area contributed by atoms with E-state index in [-0.39, 0.29) is 10.8 Å². The van der Waals surface area contributed by atoms with E-state index in [9.17, 15) is 0 Å². The molecule has 0 saturated carbocycles. The molecule has 1 atom stereocenters. The van der Waals surface area contributed by atoms with Gasteiger partial charge in [-0.05, 0) is 24.0 Å². The van der Waals surface area contributed by atoms with Gasteiger partial charge in [0.15, 0.2) is 0 Å². The fourth-order valence-electron chi connectivity index (χ4n) is 4.79. The molecule has 0 N–H and O–H groups in total. The molecule has 0 aliphatic carbocycles. The van der Waals surface area contributed by atoms with Crippen LogP contribution in [-0.2, 0) is 11.3 Å². The maximum Gasteiger partial charge on any atom is 0.205 e. The zero-order valence-electron chi connectivity index (χ0n) is 20.4. The van der Waals surface area contributed by atoms with Crippen molar-refractivity contribution >= 4 is 0 Å². The van der Waals surface area contributed by atoms with E-state index in [1.807, 2.05) is 30.3 Å². The highest BCUT2D eigenvalue weighted by molar-refractivity contribution is 5.20. The molecule has 3 nitrogen and oxygen atoms in total. The van der Waals surface area contributed by atoms with Crippen LogP contribution in [0.3, 0.4) is 0 Å². The van der Waals surface area contributed by atoms with Crippen molar-refractivity contribution in [2.24, 2.45) is 10.8 Å². The number of hydrogen-bond acceptors (Lipinski definition) is 2. The van der Waals surface area contributed by atoms with Crippen LogP contribution < -0.4 is 4.74 Å². The lowest BCUT2D eigenvalue weighted by atomic mass is 9.69. The lowest BCUT2D eigenvalue weighted by Gasteiger charge is -2.55. The van der Waals surface area contributed by atoms with Crippen LogP contribution in [0.25, 0.3) is 0 Å². The molecule has 0 bridgehead atoms. The van der Waals surface area contributed by atoms with Crippen LogP contribution in [-0.4, -0.2) is 37.5 Å². The number of rotatable bonds is 10. The van der Waals surface area contributed by atoms with Crippen molar-refractivity contribution in [3.8, 4) is 5.75 Å². The second kappa shape index (κ2) is 9.53. The first-order chi connectivity index (χ1) is 13.9. The van der Waals surface area contributed by atoms with Crippen molar-refractivity contribution in [3.05, 3.63) is 66.2 Å². The van der Waals surface area contributed by atoms with Gasteiger partial charge in [0, 0.05) is 17.9 Å². The van der Waals surface area contributed by atoms with Gasteiger partial charge in [0.2, 0.25) is 5.72 Å². The SMILES string of the molecule is CC(C)(C)CC(C)(C)C(C)(OCCOc1ccccc1)[N+](C)(C)Cc1ccccc1. The predicted octanol–water partition coefficient (Wildman–Crippen LogP) is 6.54. The van der Waals surface area contributed by atoms with Crippen molar-refractivity contribution in [2.75, 3.05) is 27.3 Å². The van der Waals surface area contributed by atoms with Gasteiger partial charge in [0.1, 0.15) is 18.9 Å². The molecule has 0 amide bonds. The number of ether oxygens (including phenoxy) is 2. The largest absolute Gasteiger partial charge is 0.491 e. The molecule has 2 aromatic carbocycles. The number of benzene rings is 2. The van der Waals surface area contributed by atoms with E-state index < -0.39 is 5.72 Å². The zero-order chi connectivity index (χ0) is 22.5. The molecule has 0 heterocycles.